The van der Waals surface area contributed by atoms with Gasteiger partial charge in [-0.3, -0.25) is 0 Å². The summed E-state index contributed by atoms with van der Waals surface area (Å²) in [6, 6.07) is 35.7. The molecule has 0 spiro atoms. The summed E-state index contributed by atoms with van der Waals surface area (Å²) < 4.78 is 22.7. The molecule has 0 radical (unpaired) electrons. The number of nitrogens with zero attached hydrogens (tertiary/aromatic N) is 6. The van der Waals surface area contributed by atoms with Crippen molar-refractivity contribution >= 4 is 69.6 Å². The molecule has 0 amide bonds. The third-order valence-corrected chi connectivity index (χ3v) is 10.00. The van der Waals surface area contributed by atoms with E-state index in [0.717, 1.165) is 11.1 Å². The lowest BCUT2D eigenvalue weighted by Gasteiger charge is -2.16. The number of halogens is 6. The lowest BCUT2D eigenvalue weighted by molar-refractivity contribution is 0.365. The molecule has 10 nitrogen and oxygen atoms in total. The third kappa shape index (κ3) is 10.2. The van der Waals surface area contributed by atoms with Crippen molar-refractivity contribution in [2.24, 2.45) is 0 Å². The number of aromatic nitrogens is 6. The second-order valence-electron chi connectivity index (χ2n) is 12.3. The molecule has 0 aliphatic heterocycles. The van der Waals surface area contributed by atoms with Crippen molar-refractivity contribution in [2.45, 2.75) is 0 Å². The Bertz CT molecular complexity index is 2700. The van der Waals surface area contributed by atoms with Crippen molar-refractivity contribution < 1.29 is 18.9 Å². The van der Waals surface area contributed by atoms with Gasteiger partial charge in [-0.15, -0.1) is 0 Å². The van der Waals surface area contributed by atoms with E-state index >= 15 is 0 Å². The number of rotatable bonds is 10. The second kappa shape index (κ2) is 19.6. The molecule has 0 saturated heterocycles. The molecule has 60 heavy (non-hydrogen) atoms. The van der Waals surface area contributed by atoms with Gasteiger partial charge in [-0.25, -0.2) is 9.97 Å². The molecule has 4 heterocycles. The Morgan fingerprint density at radius 1 is 0.417 bits per heavy atom. The van der Waals surface area contributed by atoms with Gasteiger partial charge < -0.3 is 18.9 Å². The van der Waals surface area contributed by atoms with Gasteiger partial charge in [-0.1, -0.05) is 106 Å². The van der Waals surface area contributed by atoms with Crippen LogP contribution in [0, 0.1) is 0 Å². The van der Waals surface area contributed by atoms with Gasteiger partial charge >= 0.3 is 12.0 Å². The molecule has 8 aromatic rings. The lowest BCUT2D eigenvalue weighted by Crippen LogP contribution is -2.02. The number of hydrogen-bond acceptors (Lipinski definition) is 10. The first kappa shape index (κ1) is 42.4. The van der Waals surface area contributed by atoms with Crippen molar-refractivity contribution in [2.75, 3.05) is 14.2 Å². The monoisotopic (exact) mass is 914 g/mol. The van der Waals surface area contributed by atoms with Crippen LogP contribution in [-0.2, 0) is 0 Å². The first-order valence-electron chi connectivity index (χ1n) is 17.6. The maximum Gasteiger partial charge on any atom is 0.327 e. The molecule has 0 aliphatic carbocycles. The smallest absolute Gasteiger partial charge is 0.327 e. The molecule has 4 aromatic carbocycles. The van der Waals surface area contributed by atoms with E-state index in [0.29, 0.717) is 81.4 Å². The summed E-state index contributed by atoms with van der Waals surface area (Å²) in [4.78, 5) is 26.4. The van der Waals surface area contributed by atoms with Crippen LogP contribution in [0.5, 0.6) is 35.5 Å². The van der Waals surface area contributed by atoms with Gasteiger partial charge in [0.15, 0.2) is 0 Å². The van der Waals surface area contributed by atoms with E-state index in [9.17, 15) is 0 Å². The van der Waals surface area contributed by atoms with Crippen LogP contribution in [0.15, 0.2) is 134 Å². The zero-order chi connectivity index (χ0) is 42.2. The molecule has 0 saturated carbocycles. The van der Waals surface area contributed by atoms with E-state index < -0.39 is 0 Å². The molecule has 0 aliphatic rings. The van der Waals surface area contributed by atoms with Crippen LogP contribution in [0.2, 0.25) is 30.1 Å². The van der Waals surface area contributed by atoms with E-state index in [1.807, 2.05) is 30.3 Å². The SMILES string of the molecule is COc1nc(Oc2ccccn2)c(-c2ccc(Cl)cc2)c(-c2ccc(Cl)cc2Cl)n1.COc1nc(Oc2ccccn2)nc(-c2ccc(Cl)cc2Cl)c1-c1ccc(Cl)cc1. The zero-order valence-corrected chi connectivity index (χ0v) is 35.8. The largest absolute Gasteiger partial charge is 0.480 e. The molecule has 0 atom stereocenters. The van der Waals surface area contributed by atoms with Crippen LogP contribution >= 0.6 is 69.6 Å². The van der Waals surface area contributed by atoms with Gasteiger partial charge in [-0.05, 0) is 83.9 Å². The molecule has 300 valence electrons. The molecule has 0 bridgehead atoms. The Morgan fingerprint density at radius 3 is 1.32 bits per heavy atom. The minimum absolute atomic E-state index is 0.0734. The predicted molar refractivity (Wildman–Crippen MR) is 238 cm³/mol. The van der Waals surface area contributed by atoms with Crippen molar-refractivity contribution in [1.82, 2.24) is 29.9 Å². The Kier molecular flexibility index (Phi) is 13.8. The number of benzene rings is 4. The standard InChI is InChI=1S/2C22H14Cl3N3O2/c1-29-22-27-20(16-10-9-15(24)12-17(16)25)19(13-5-7-14(23)8-6-13)21(28-22)30-18-4-2-3-11-26-18;1-29-21-19(13-5-7-14(23)8-6-13)20(16-10-9-15(24)12-17(16)25)27-22(28-21)30-18-4-2-3-11-26-18/h2*2-12H,1H3. The number of hydrogen-bond donors (Lipinski definition) is 0. The average molecular weight is 917 g/mol. The van der Waals surface area contributed by atoms with E-state index in [1.54, 1.807) is 103 Å². The van der Waals surface area contributed by atoms with Gasteiger partial charge in [0, 0.05) is 55.7 Å². The fourth-order valence-electron chi connectivity index (χ4n) is 5.71. The highest BCUT2D eigenvalue weighted by molar-refractivity contribution is 6.37. The van der Waals surface area contributed by atoms with E-state index in [2.05, 4.69) is 29.9 Å². The Hall–Kier alpha value is -5.72. The van der Waals surface area contributed by atoms with Crippen molar-refractivity contribution in [3.8, 4) is 80.3 Å². The van der Waals surface area contributed by atoms with E-state index in [1.165, 1.54) is 14.2 Å². The fourth-order valence-corrected chi connectivity index (χ4v) is 6.96. The molecule has 0 unspecified atom stereocenters. The summed E-state index contributed by atoms with van der Waals surface area (Å²) >= 11 is 37.3. The Morgan fingerprint density at radius 2 is 0.867 bits per heavy atom. The van der Waals surface area contributed by atoms with Crippen molar-refractivity contribution in [1.29, 1.82) is 0 Å². The van der Waals surface area contributed by atoms with Gasteiger partial charge in [-0.2, -0.15) is 19.9 Å². The van der Waals surface area contributed by atoms with Crippen LogP contribution in [0.4, 0.5) is 0 Å². The minimum atomic E-state index is 0.0734. The normalized spacial score (nSPS) is 10.7. The molecule has 0 N–H and O–H groups in total. The Balaban J connectivity index is 0.000000181. The summed E-state index contributed by atoms with van der Waals surface area (Å²) in [7, 11) is 3.01. The average Bonchev–Trinajstić information content (AvgIpc) is 3.25. The number of methoxy groups -OCH3 is 2. The zero-order valence-electron chi connectivity index (χ0n) is 31.3. The highest BCUT2D eigenvalue weighted by Crippen LogP contribution is 2.44. The van der Waals surface area contributed by atoms with Gasteiger partial charge in [0.2, 0.25) is 23.5 Å². The summed E-state index contributed by atoms with van der Waals surface area (Å²) in [5.74, 6) is 1.32. The molecule has 16 heteroatoms. The van der Waals surface area contributed by atoms with Crippen LogP contribution in [0.25, 0.3) is 44.8 Å². The highest BCUT2D eigenvalue weighted by atomic mass is 35.5. The summed E-state index contributed by atoms with van der Waals surface area (Å²) in [6.07, 6.45) is 3.25. The molecular formula is C44H28Cl6N6O4. The number of pyridine rings is 2. The fraction of sp³-hybridized carbons (Fsp3) is 0.0455. The first-order chi connectivity index (χ1) is 29.1. The van der Waals surface area contributed by atoms with Gasteiger partial charge in [0.1, 0.15) is 0 Å². The third-order valence-electron chi connectivity index (χ3n) is 8.40. The van der Waals surface area contributed by atoms with Gasteiger partial charge in [0.25, 0.3) is 0 Å². The second-order valence-corrected chi connectivity index (χ2v) is 14.8. The summed E-state index contributed by atoms with van der Waals surface area (Å²) in [5, 5.41) is 3.11. The van der Waals surface area contributed by atoms with E-state index in [4.69, 9.17) is 88.6 Å². The first-order valence-corrected chi connectivity index (χ1v) is 19.9. The van der Waals surface area contributed by atoms with Crippen LogP contribution < -0.4 is 18.9 Å². The summed E-state index contributed by atoms with van der Waals surface area (Å²) in [6.45, 7) is 0. The topological polar surface area (TPSA) is 114 Å². The van der Waals surface area contributed by atoms with E-state index in [-0.39, 0.29) is 17.9 Å². The molecule has 4 aromatic heterocycles. The van der Waals surface area contributed by atoms with Crippen molar-refractivity contribution in [3.63, 3.8) is 0 Å². The maximum absolute atomic E-state index is 6.50. The molecular weight excluding hydrogens is 889 g/mol. The Labute approximate surface area is 374 Å². The highest BCUT2D eigenvalue weighted by Gasteiger charge is 2.24. The quantitative estimate of drug-likeness (QED) is 0.131. The van der Waals surface area contributed by atoms with Crippen molar-refractivity contribution in [3.05, 3.63) is 164 Å². The van der Waals surface area contributed by atoms with Crippen LogP contribution in [0.1, 0.15) is 0 Å². The van der Waals surface area contributed by atoms with Gasteiger partial charge in [0.05, 0.1) is 46.8 Å². The van der Waals surface area contributed by atoms with Crippen LogP contribution in [0.3, 0.4) is 0 Å². The summed E-state index contributed by atoms with van der Waals surface area (Å²) in [5.41, 5.74) is 5.20. The predicted octanol–water partition coefficient (Wildman–Crippen LogP) is 13.9. The lowest BCUT2D eigenvalue weighted by atomic mass is 10.00. The minimum Gasteiger partial charge on any atom is -0.480 e. The molecule has 0 fully saturated rings. The molecule has 8 rings (SSSR count). The number of ether oxygens (including phenoxy) is 4. The van der Waals surface area contributed by atoms with Crippen LogP contribution in [-0.4, -0.2) is 44.1 Å². The maximum atomic E-state index is 6.50.